The fourth-order valence-corrected chi connectivity index (χ4v) is 2.76. The first-order valence-electron chi connectivity index (χ1n) is 4.50. The molecular formula is C11H13NS. The molecule has 2 N–H and O–H groups in total. The van der Waals surface area contributed by atoms with Gasteiger partial charge in [0.05, 0.1) is 5.00 Å². The SMILES string of the molecule is CCc1cccc2c(C)c(N)sc12. The van der Waals surface area contributed by atoms with E-state index in [1.165, 1.54) is 21.2 Å². The summed E-state index contributed by atoms with van der Waals surface area (Å²) in [5.41, 5.74) is 8.53. The van der Waals surface area contributed by atoms with Crippen molar-refractivity contribution in [2.45, 2.75) is 20.3 Å². The van der Waals surface area contributed by atoms with E-state index in [-0.39, 0.29) is 0 Å². The van der Waals surface area contributed by atoms with Crippen molar-refractivity contribution in [1.29, 1.82) is 0 Å². The number of aryl methyl sites for hydroxylation is 2. The molecule has 0 saturated carbocycles. The molecule has 0 fully saturated rings. The average molecular weight is 191 g/mol. The minimum atomic E-state index is 0.955. The van der Waals surface area contributed by atoms with Crippen LogP contribution in [0.3, 0.4) is 0 Å². The zero-order valence-electron chi connectivity index (χ0n) is 7.92. The highest BCUT2D eigenvalue weighted by molar-refractivity contribution is 7.23. The molecule has 0 spiro atoms. The lowest BCUT2D eigenvalue weighted by Gasteiger charge is -1.97. The van der Waals surface area contributed by atoms with Crippen LogP contribution in [0.15, 0.2) is 18.2 Å². The van der Waals surface area contributed by atoms with Crippen molar-refractivity contribution >= 4 is 26.4 Å². The summed E-state index contributed by atoms with van der Waals surface area (Å²) >= 11 is 1.71. The molecule has 0 unspecified atom stereocenters. The molecule has 1 aromatic heterocycles. The highest BCUT2D eigenvalue weighted by atomic mass is 32.1. The quantitative estimate of drug-likeness (QED) is 0.735. The topological polar surface area (TPSA) is 26.0 Å². The fraction of sp³-hybridized carbons (Fsp3) is 0.273. The molecule has 0 aliphatic carbocycles. The van der Waals surface area contributed by atoms with Crippen LogP contribution in [-0.4, -0.2) is 0 Å². The molecule has 0 saturated heterocycles. The Morgan fingerprint density at radius 2 is 2.15 bits per heavy atom. The van der Waals surface area contributed by atoms with Crippen molar-refractivity contribution in [3.63, 3.8) is 0 Å². The number of nitrogen functional groups attached to an aromatic ring is 1. The van der Waals surface area contributed by atoms with E-state index in [9.17, 15) is 0 Å². The van der Waals surface area contributed by atoms with Crippen molar-refractivity contribution in [1.82, 2.24) is 0 Å². The van der Waals surface area contributed by atoms with Crippen LogP contribution < -0.4 is 5.73 Å². The first kappa shape index (κ1) is 8.57. The van der Waals surface area contributed by atoms with Gasteiger partial charge in [-0.2, -0.15) is 0 Å². The Bertz CT molecular complexity index is 443. The van der Waals surface area contributed by atoms with Gasteiger partial charge in [-0.1, -0.05) is 25.1 Å². The van der Waals surface area contributed by atoms with Crippen LogP contribution in [0.2, 0.25) is 0 Å². The number of rotatable bonds is 1. The second-order valence-corrected chi connectivity index (χ2v) is 4.29. The van der Waals surface area contributed by atoms with Crippen LogP contribution in [0, 0.1) is 6.92 Å². The van der Waals surface area contributed by atoms with Gasteiger partial charge in [-0.15, -0.1) is 11.3 Å². The molecule has 1 heterocycles. The van der Waals surface area contributed by atoms with E-state index < -0.39 is 0 Å². The van der Waals surface area contributed by atoms with E-state index in [1.54, 1.807) is 11.3 Å². The summed E-state index contributed by atoms with van der Waals surface area (Å²) in [6.45, 7) is 4.27. The molecule has 0 radical (unpaired) electrons. The highest BCUT2D eigenvalue weighted by Gasteiger charge is 2.07. The summed E-state index contributed by atoms with van der Waals surface area (Å²) in [5, 5.41) is 2.28. The van der Waals surface area contributed by atoms with Crippen LogP contribution >= 0.6 is 11.3 Å². The third-order valence-electron chi connectivity index (χ3n) is 2.46. The van der Waals surface area contributed by atoms with Crippen LogP contribution in [0.25, 0.3) is 10.1 Å². The van der Waals surface area contributed by atoms with Gasteiger partial charge in [0, 0.05) is 4.70 Å². The molecule has 0 aliphatic heterocycles. The maximum Gasteiger partial charge on any atom is 0.0898 e. The summed E-state index contributed by atoms with van der Waals surface area (Å²) in [6, 6.07) is 6.44. The van der Waals surface area contributed by atoms with Crippen molar-refractivity contribution in [2.75, 3.05) is 5.73 Å². The smallest absolute Gasteiger partial charge is 0.0898 e. The van der Waals surface area contributed by atoms with E-state index in [1.807, 2.05) is 0 Å². The first-order valence-corrected chi connectivity index (χ1v) is 5.32. The number of hydrogen-bond donors (Lipinski definition) is 1. The predicted molar refractivity (Wildman–Crippen MR) is 60.4 cm³/mol. The first-order chi connectivity index (χ1) is 6.24. The lowest BCUT2D eigenvalue weighted by molar-refractivity contribution is 1.16. The van der Waals surface area contributed by atoms with Crippen LogP contribution in [0.4, 0.5) is 5.00 Å². The Morgan fingerprint density at radius 3 is 2.85 bits per heavy atom. The number of thiophene rings is 1. The second kappa shape index (κ2) is 3.04. The van der Waals surface area contributed by atoms with Gasteiger partial charge in [0.1, 0.15) is 0 Å². The standard InChI is InChI=1S/C11H13NS/c1-3-8-5-4-6-9-7(2)11(12)13-10(8)9/h4-6H,3,12H2,1-2H3. The van der Waals surface area contributed by atoms with Gasteiger partial charge in [-0.3, -0.25) is 0 Å². The molecule has 2 heteroatoms. The van der Waals surface area contributed by atoms with E-state index in [0.29, 0.717) is 0 Å². The molecule has 13 heavy (non-hydrogen) atoms. The van der Waals surface area contributed by atoms with Crippen molar-refractivity contribution < 1.29 is 0 Å². The van der Waals surface area contributed by atoms with Gasteiger partial charge >= 0.3 is 0 Å². The Morgan fingerprint density at radius 1 is 1.38 bits per heavy atom. The van der Waals surface area contributed by atoms with Crippen molar-refractivity contribution in [3.05, 3.63) is 29.3 Å². The number of hydrogen-bond acceptors (Lipinski definition) is 2. The summed E-state index contributed by atoms with van der Waals surface area (Å²) in [5.74, 6) is 0. The maximum absolute atomic E-state index is 5.89. The molecule has 0 aliphatic rings. The van der Waals surface area contributed by atoms with Gasteiger partial charge in [0.2, 0.25) is 0 Å². The monoisotopic (exact) mass is 191 g/mol. The largest absolute Gasteiger partial charge is 0.390 e. The minimum absolute atomic E-state index is 0.955. The molecule has 1 nitrogen and oxygen atoms in total. The Kier molecular flexibility index (Phi) is 2.00. The predicted octanol–water partition coefficient (Wildman–Crippen LogP) is 3.35. The number of fused-ring (bicyclic) bond motifs is 1. The summed E-state index contributed by atoms with van der Waals surface area (Å²) in [4.78, 5) is 0. The fourth-order valence-electron chi connectivity index (χ4n) is 1.60. The molecule has 0 atom stereocenters. The lowest BCUT2D eigenvalue weighted by Crippen LogP contribution is -1.80. The number of nitrogens with two attached hydrogens (primary N) is 1. The van der Waals surface area contributed by atoms with E-state index in [2.05, 4.69) is 32.0 Å². The maximum atomic E-state index is 5.89. The van der Waals surface area contributed by atoms with Crippen LogP contribution in [0.5, 0.6) is 0 Å². The van der Waals surface area contributed by atoms with Gasteiger partial charge < -0.3 is 5.73 Å². The van der Waals surface area contributed by atoms with Gasteiger partial charge in [0.15, 0.2) is 0 Å². The zero-order valence-corrected chi connectivity index (χ0v) is 8.74. The van der Waals surface area contributed by atoms with Gasteiger partial charge in [-0.25, -0.2) is 0 Å². The molecule has 0 bridgehead atoms. The molecule has 2 aromatic rings. The lowest BCUT2D eigenvalue weighted by atomic mass is 10.1. The summed E-state index contributed by atoms with van der Waals surface area (Å²) < 4.78 is 1.36. The Hall–Kier alpha value is -1.02. The molecule has 2 rings (SSSR count). The highest BCUT2D eigenvalue weighted by Crippen LogP contribution is 2.34. The van der Waals surface area contributed by atoms with E-state index in [0.717, 1.165) is 11.4 Å². The van der Waals surface area contributed by atoms with E-state index >= 15 is 0 Å². The third kappa shape index (κ3) is 1.22. The van der Waals surface area contributed by atoms with Gasteiger partial charge in [0.25, 0.3) is 0 Å². The Balaban J connectivity index is 2.84. The second-order valence-electron chi connectivity index (χ2n) is 3.24. The zero-order chi connectivity index (χ0) is 9.42. The molecule has 68 valence electrons. The van der Waals surface area contributed by atoms with Crippen LogP contribution in [-0.2, 0) is 6.42 Å². The molecular weight excluding hydrogens is 178 g/mol. The number of anilines is 1. The van der Waals surface area contributed by atoms with Crippen molar-refractivity contribution in [2.24, 2.45) is 0 Å². The molecule has 0 amide bonds. The van der Waals surface area contributed by atoms with E-state index in [4.69, 9.17) is 5.73 Å². The van der Waals surface area contributed by atoms with Crippen LogP contribution in [0.1, 0.15) is 18.1 Å². The van der Waals surface area contributed by atoms with Crippen molar-refractivity contribution in [3.8, 4) is 0 Å². The average Bonchev–Trinajstić information content (AvgIpc) is 2.43. The normalized spacial score (nSPS) is 10.9. The number of benzene rings is 1. The molecule has 1 aromatic carbocycles. The van der Waals surface area contributed by atoms with Gasteiger partial charge in [-0.05, 0) is 29.9 Å². The summed E-state index contributed by atoms with van der Waals surface area (Å²) in [6.07, 6.45) is 1.08. The minimum Gasteiger partial charge on any atom is -0.390 e. The Labute approximate surface area is 82.2 Å². The third-order valence-corrected chi connectivity index (χ3v) is 3.68. The summed E-state index contributed by atoms with van der Waals surface area (Å²) in [7, 11) is 0.